The third kappa shape index (κ3) is 5.00. The molecule has 32 heavy (non-hydrogen) atoms. The van der Waals surface area contributed by atoms with E-state index >= 15 is 0 Å². The Hall–Kier alpha value is -3.18. The molecule has 0 fully saturated rings. The van der Waals surface area contributed by atoms with Crippen molar-refractivity contribution in [1.29, 1.82) is 0 Å². The SMILES string of the molecule is COc1ccc2c(c1)[C@@H](NC(=O)c1cccc(OCc3ccccc3Cl)c1)CC(C)(C)O2. The summed E-state index contributed by atoms with van der Waals surface area (Å²) in [4.78, 5) is 13.1. The molecule has 0 radical (unpaired) electrons. The van der Waals surface area contributed by atoms with Crippen molar-refractivity contribution in [3.8, 4) is 17.2 Å². The molecule has 0 aromatic heterocycles. The molecule has 6 heteroatoms. The van der Waals surface area contributed by atoms with Crippen LogP contribution in [0, 0.1) is 0 Å². The van der Waals surface area contributed by atoms with Crippen molar-refractivity contribution in [3.05, 3.63) is 88.4 Å². The molecule has 0 bridgehead atoms. The smallest absolute Gasteiger partial charge is 0.251 e. The van der Waals surface area contributed by atoms with Gasteiger partial charge >= 0.3 is 0 Å². The summed E-state index contributed by atoms with van der Waals surface area (Å²) < 4.78 is 17.3. The first kappa shape index (κ1) is 22.0. The maximum atomic E-state index is 13.1. The zero-order chi connectivity index (χ0) is 22.7. The lowest BCUT2D eigenvalue weighted by atomic mass is 9.89. The molecule has 1 N–H and O–H groups in total. The molecule has 0 unspecified atom stereocenters. The molecular weight excluding hydrogens is 426 g/mol. The van der Waals surface area contributed by atoms with Crippen LogP contribution in [0.1, 0.15) is 47.8 Å². The predicted molar refractivity (Wildman–Crippen MR) is 125 cm³/mol. The van der Waals surface area contributed by atoms with Gasteiger partial charge < -0.3 is 19.5 Å². The number of halogens is 1. The van der Waals surface area contributed by atoms with Crippen LogP contribution in [0.4, 0.5) is 0 Å². The molecule has 0 saturated carbocycles. The van der Waals surface area contributed by atoms with Crippen molar-refractivity contribution in [3.63, 3.8) is 0 Å². The van der Waals surface area contributed by atoms with E-state index in [1.54, 1.807) is 19.2 Å². The Morgan fingerprint density at radius 3 is 2.69 bits per heavy atom. The number of amides is 1. The Bertz CT molecular complexity index is 1130. The predicted octanol–water partition coefficient (Wildman–Crippen LogP) is 5.96. The molecule has 4 rings (SSSR count). The summed E-state index contributed by atoms with van der Waals surface area (Å²) in [6.45, 7) is 4.36. The zero-order valence-corrected chi connectivity index (χ0v) is 19.1. The lowest BCUT2D eigenvalue weighted by molar-refractivity contribution is 0.0618. The number of hydrogen-bond donors (Lipinski definition) is 1. The fraction of sp³-hybridized carbons (Fsp3) is 0.269. The molecule has 5 nitrogen and oxygen atoms in total. The number of ether oxygens (including phenoxy) is 3. The van der Waals surface area contributed by atoms with E-state index in [1.165, 1.54) is 0 Å². The van der Waals surface area contributed by atoms with Gasteiger partial charge in [-0.2, -0.15) is 0 Å². The molecule has 166 valence electrons. The zero-order valence-electron chi connectivity index (χ0n) is 18.4. The van der Waals surface area contributed by atoms with Gasteiger partial charge in [-0.3, -0.25) is 4.79 Å². The van der Waals surface area contributed by atoms with E-state index in [4.69, 9.17) is 25.8 Å². The minimum atomic E-state index is -0.403. The van der Waals surface area contributed by atoms with E-state index in [-0.39, 0.29) is 11.9 Å². The summed E-state index contributed by atoms with van der Waals surface area (Å²) in [5.41, 5.74) is 1.91. The van der Waals surface area contributed by atoms with Crippen LogP contribution in [0.25, 0.3) is 0 Å². The Labute approximate surface area is 193 Å². The Morgan fingerprint density at radius 2 is 1.91 bits per heavy atom. The summed E-state index contributed by atoms with van der Waals surface area (Å²) >= 11 is 6.20. The first-order valence-electron chi connectivity index (χ1n) is 10.5. The van der Waals surface area contributed by atoms with E-state index in [2.05, 4.69) is 5.32 Å². The lowest BCUT2D eigenvalue weighted by Crippen LogP contribution is -2.41. The summed E-state index contributed by atoms with van der Waals surface area (Å²) in [5, 5.41) is 3.81. The number of rotatable bonds is 6. The van der Waals surface area contributed by atoms with E-state index in [1.807, 2.05) is 68.4 Å². The Kier molecular flexibility index (Phi) is 6.28. The number of carbonyl (C=O) groups is 1. The minimum absolute atomic E-state index is 0.176. The molecule has 3 aromatic carbocycles. The average Bonchev–Trinajstić information content (AvgIpc) is 2.78. The number of fused-ring (bicyclic) bond motifs is 1. The van der Waals surface area contributed by atoms with Crippen LogP contribution in [0.2, 0.25) is 5.02 Å². The molecule has 0 saturated heterocycles. The van der Waals surface area contributed by atoms with E-state index in [0.29, 0.717) is 29.4 Å². The van der Waals surface area contributed by atoms with Gasteiger partial charge in [0.05, 0.1) is 13.2 Å². The van der Waals surface area contributed by atoms with Gasteiger partial charge in [-0.25, -0.2) is 0 Å². The number of benzene rings is 3. The maximum Gasteiger partial charge on any atom is 0.251 e. The monoisotopic (exact) mass is 451 g/mol. The van der Waals surface area contributed by atoms with Gasteiger partial charge in [-0.05, 0) is 56.3 Å². The highest BCUT2D eigenvalue weighted by Crippen LogP contribution is 2.41. The topological polar surface area (TPSA) is 56.8 Å². The third-order valence-electron chi connectivity index (χ3n) is 5.43. The number of nitrogens with one attached hydrogen (secondary N) is 1. The lowest BCUT2D eigenvalue weighted by Gasteiger charge is -2.38. The van der Waals surface area contributed by atoms with Gasteiger partial charge in [-0.1, -0.05) is 35.9 Å². The van der Waals surface area contributed by atoms with Crippen molar-refractivity contribution in [2.24, 2.45) is 0 Å². The molecule has 1 heterocycles. The van der Waals surface area contributed by atoms with E-state index < -0.39 is 5.60 Å². The second-order valence-electron chi connectivity index (χ2n) is 8.40. The second kappa shape index (κ2) is 9.13. The molecule has 1 atom stereocenters. The fourth-order valence-electron chi connectivity index (χ4n) is 3.83. The summed E-state index contributed by atoms with van der Waals surface area (Å²) in [5.74, 6) is 1.90. The number of carbonyl (C=O) groups excluding carboxylic acids is 1. The van der Waals surface area contributed by atoms with Gasteiger partial charge in [-0.15, -0.1) is 0 Å². The van der Waals surface area contributed by atoms with Crippen LogP contribution in [0.3, 0.4) is 0 Å². The first-order chi connectivity index (χ1) is 15.3. The largest absolute Gasteiger partial charge is 0.497 e. The molecular formula is C26H26ClNO4. The summed E-state index contributed by atoms with van der Waals surface area (Å²) in [6.07, 6.45) is 0.640. The van der Waals surface area contributed by atoms with Crippen LogP contribution in [0.15, 0.2) is 66.7 Å². The number of hydrogen-bond acceptors (Lipinski definition) is 4. The van der Waals surface area contributed by atoms with Gasteiger partial charge in [0.25, 0.3) is 5.91 Å². The van der Waals surface area contributed by atoms with Crippen LogP contribution in [0.5, 0.6) is 17.2 Å². The van der Waals surface area contributed by atoms with Crippen LogP contribution in [-0.4, -0.2) is 18.6 Å². The quantitative estimate of drug-likeness (QED) is 0.502. The molecule has 1 aliphatic heterocycles. The Morgan fingerprint density at radius 1 is 1.09 bits per heavy atom. The van der Waals surface area contributed by atoms with Crippen molar-refractivity contribution in [2.75, 3.05) is 7.11 Å². The normalized spacial score (nSPS) is 16.4. The van der Waals surface area contributed by atoms with E-state index in [0.717, 1.165) is 22.6 Å². The molecule has 0 aliphatic carbocycles. The molecule has 1 amide bonds. The van der Waals surface area contributed by atoms with Gasteiger partial charge in [0.15, 0.2) is 0 Å². The molecule has 3 aromatic rings. The fourth-order valence-corrected chi connectivity index (χ4v) is 4.02. The highest BCUT2D eigenvalue weighted by atomic mass is 35.5. The van der Waals surface area contributed by atoms with Crippen molar-refractivity contribution >= 4 is 17.5 Å². The standard InChI is InChI=1S/C26H26ClNO4/c1-26(2)15-23(21-14-19(30-3)11-12-24(21)32-26)28-25(29)17-8-6-9-20(13-17)31-16-18-7-4-5-10-22(18)27/h4-14,23H,15-16H2,1-3H3,(H,28,29)/t23-/m0/s1. The van der Waals surface area contributed by atoms with Gasteiger partial charge in [0, 0.05) is 28.1 Å². The average molecular weight is 452 g/mol. The van der Waals surface area contributed by atoms with Gasteiger partial charge in [0.2, 0.25) is 0 Å². The summed E-state index contributed by atoms with van der Waals surface area (Å²) in [7, 11) is 1.62. The molecule has 0 spiro atoms. The van der Waals surface area contributed by atoms with E-state index in [9.17, 15) is 4.79 Å². The maximum absolute atomic E-state index is 13.1. The van der Waals surface area contributed by atoms with Crippen molar-refractivity contribution in [1.82, 2.24) is 5.32 Å². The highest BCUT2D eigenvalue weighted by Gasteiger charge is 2.35. The van der Waals surface area contributed by atoms with Gasteiger partial charge in [0.1, 0.15) is 29.5 Å². The highest BCUT2D eigenvalue weighted by molar-refractivity contribution is 6.31. The van der Waals surface area contributed by atoms with Crippen LogP contribution >= 0.6 is 11.6 Å². The second-order valence-corrected chi connectivity index (χ2v) is 8.81. The van der Waals surface area contributed by atoms with Crippen molar-refractivity contribution in [2.45, 2.75) is 38.5 Å². The third-order valence-corrected chi connectivity index (χ3v) is 5.80. The summed E-state index contributed by atoms with van der Waals surface area (Å²) in [6, 6.07) is 20.1. The first-order valence-corrected chi connectivity index (χ1v) is 10.9. The minimum Gasteiger partial charge on any atom is -0.497 e. The molecule has 1 aliphatic rings. The Balaban J connectivity index is 1.50. The van der Waals surface area contributed by atoms with Crippen LogP contribution in [-0.2, 0) is 6.61 Å². The van der Waals surface area contributed by atoms with Crippen LogP contribution < -0.4 is 19.5 Å². The van der Waals surface area contributed by atoms with Crippen molar-refractivity contribution < 1.29 is 19.0 Å². The number of methoxy groups -OCH3 is 1.